The first-order valence-corrected chi connectivity index (χ1v) is 15.3. The van der Waals surface area contributed by atoms with Gasteiger partial charge in [-0.1, -0.05) is 86.1 Å². The number of amides is 2. The van der Waals surface area contributed by atoms with E-state index in [2.05, 4.69) is 5.32 Å². The molecule has 0 heterocycles. The van der Waals surface area contributed by atoms with Gasteiger partial charge in [0.15, 0.2) is 0 Å². The number of halogens is 1. The third-order valence-corrected chi connectivity index (χ3v) is 8.62. The summed E-state index contributed by atoms with van der Waals surface area (Å²) in [5, 5.41) is 3.54. The van der Waals surface area contributed by atoms with Crippen LogP contribution >= 0.6 is 11.6 Å². The first-order valence-electron chi connectivity index (χ1n) is 13.4. The minimum Gasteiger partial charge on any atom is -0.354 e. The lowest BCUT2D eigenvalue weighted by Crippen LogP contribution is -2.51. The average Bonchev–Trinajstić information content (AvgIpc) is 2.94. The van der Waals surface area contributed by atoms with Crippen molar-refractivity contribution in [1.29, 1.82) is 0 Å². The molecule has 0 spiro atoms. The molecule has 3 aromatic rings. The molecule has 2 amide bonds. The third kappa shape index (κ3) is 9.18. The molecule has 0 radical (unpaired) electrons. The zero-order chi connectivity index (χ0) is 29.1. The van der Waals surface area contributed by atoms with Gasteiger partial charge in [0.05, 0.1) is 4.90 Å². The van der Waals surface area contributed by atoms with Crippen LogP contribution in [0.4, 0.5) is 0 Å². The van der Waals surface area contributed by atoms with Crippen LogP contribution in [0.3, 0.4) is 0 Å². The van der Waals surface area contributed by atoms with E-state index in [-0.39, 0.29) is 42.1 Å². The fourth-order valence-electron chi connectivity index (χ4n) is 4.30. The van der Waals surface area contributed by atoms with E-state index in [1.807, 2.05) is 56.3 Å². The van der Waals surface area contributed by atoms with Crippen molar-refractivity contribution in [3.05, 3.63) is 101 Å². The molecule has 3 rings (SSSR count). The third-order valence-electron chi connectivity index (χ3n) is 6.51. The van der Waals surface area contributed by atoms with E-state index in [4.69, 9.17) is 11.6 Å². The highest BCUT2D eigenvalue weighted by molar-refractivity contribution is 7.89. The van der Waals surface area contributed by atoms with Gasteiger partial charge in [0, 0.05) is 44.5 Å². The molecule has 0 aliphatic heterocycles. The molecule has 214 valence electrons. The van der Waals surface area contributed by atoms with Gasteiger partial charge in [0.1, 0.15) is 6.04 Å². The van der Waals surface area contributed by atoms with E-state index >= 15 is 0 Å². The Balaban J connectivity index is 1.82. The summed E-state index contributed by atoms with van der Waals surface area (Å²) in [6.45, 7) is 4.88. The Morgan fingerprint density at radius 2 is 1.52 bits per heavy atom. The van der Waals surface area contributed by atoms with Crippen LogP contribution in [0.25, 0.3) is 0 Å². The van der Waals surface area contributed by atoms with Gasteiger partial charge in [0.2, 0.25) is 21.8 Å². The molecule has 7 nitrogen and oxygen atoms in total. The van der Waals surface area contributed by atoms with E-state index in [0.29, 0.717) is 24.4 Å². The maximum absolute atomic E-state index is 13.8. The molecule has 0 fully saturated rings. The van der Waals surface area contributed by atoms with Crippen LogP contribution in [0.2, 0.25) is 5.02 Å². The Hall–Kier alpha value is -3.20. The van der Waals surface area contributed by atoms with Crippen molar-refractivity contribution in [2.75, 3.05) is 20.1 Å². The van der Waals surface area contributed by atoms with Crippen LogP contribution in [-0.2, 0) is 32.6 Å². The van der Waals surface area contributed by atoms with Crippen LogP contribution in [0, 0.1) is 5.92 Å². The van der Waals surface area contributed by atoms with Crippen LogP contribution in [0.1, 0.15) is 37.8 Å². The summed E-state index contributed by atoms with van der Waals surface area (Å²) in [6, 6.07) is 24.3. The Bertz CT molecular complexity index is 1350. The number of carbonyl (C=O) groups excluding carboxylic acids is 2. The van der Waals surface area contributed by atoms with Gasteiger partial charge in [0.25, 0.3) is 0 Å². The molecule has 1 N–H and O–H groups in total. The second-order valence-electron chi connectivity index (χ2n) is 10.2. The van der Waals surface area contributed by atoms with E-state index < -0.39 is 16.1 Å². The lowest BCUT2D eigenvalue weighted by atomic mass is 10.0. The molecule has 0 aliphatic rings. The summed E-state index contributed by atoms with van der Waals surface area (Å²) in [4.78, 5) is 29.1. The smallest absolute Gasteiger partial charge is 0.243 e. The summed E-state index contributed by atoms with van der Waals surface area (Å²) in [7, 11) is -2.16. The van der Waals surface area contributed by atoms with Gasteiger partial charge in [-0.25, -0.2) is 12.7 Å². The number of rotatable bonds is 14. The Labute approximate surface area is 243 Å². The Kier molecular flexibility index (Phi) is 11.7. The first-order chi connectivity index (χ1) is 19.1. The van der Waals surface area contributed by atoms with Crippen molar-refractivity contribution >= 4 is 33.4 Å². The van der Waals surface area contributed by atoms with Gasteiger partial charge in [-0.3, -0.25) is 9.59 Å². The first kappa shape index (κ1) is 31.3. The van der Waals surface area contributed by atoms with Gasteiger partial charge in [-0.2, -0.15) is 0 Å². The number of hydrogen-bond donors (Lipinski definition) is 1. The minimum absolute atomic E-state index is 0.0813. The zero-order valence-electron chi connectivity index (χ0n) is 23.3. The number of sulfonamides is 1. The quantitative estimate of drug-likeness (QED) is 0.284. The van der Waals surface area contributed by atoms with E-state index in [1.54, 1.807) is 47.4 Å². The molecular formula is C31H38ClN3O4S. The van der Waals surface area contributed by atoms with Crippen LogP contribution in [0.15, 0.2) is 89.8 Å². The highest BCUT2D eigenvalue weighted by Crippen LogP contribution is 2.20. The highest BCUT2D eigenvalue weighted by Gasteiger charge is 2.30. The second kappa shape index (κ2) is 15.0. The molecule has 0 aliphatic carbocycles. The average molecular weight is 584 g/mol. The number of benzene rings is 3. The Morgan fingerprint density at radius 3 is 2.15 bits per heavy atom. The fraction of sp³-hybridized carbons (Fsp3) is 0.355. The Morgan fingerprint density at radius 1 is 0.900 bits per heavy atom. The SMILES string of the molecule is CC(C)CNC(=O)[C@@H](Cc1ccccc1)N(Cc1cccc(Cl)c1)C(=O)CCCN(C)S(=O)(=O)c1ccccc1. The van der Waals surface area contributed by atoms with Crippen LogP contribution in [0.5, 0.6) is 0 Å². The molecule has 0 unspecified atom stereocenters. The van der Waals surface area contributed by atoms with Crippen molar-refractivity contribution < 1.29 is 18.0 Å². The van der Waals surface area contributed by atoms with Crippen molar-refractivity contribution in [2.45, 2.75) is 50.6 Å². The molecule has 3 aromatic carbocycles. The topological polar surface area (TPSA) is 86.8 Å². The summed E-state index contributed by atoms with van der Waals surface area (Å²) in [6.07, 6.45) is 0.733. The summed E-state index contributed by atoms with van der Waals surface area (Å²) < 4.78 is 27.1. The zero-order valence-corrected chi connectivity index (χ0v) is 24.9. The van der Waals surface area contributed by atoms with Crippen molar-refractivity contribution in [3.8, 4) is 0 Å². The van der Waals surface area contributed by atoms with Gasteiger partial charge in [-0.15, -0.1) is 0 Å². The van der Waals surface area contributed by atoms with Crippen LogP contribution < -0.4 is 5.32 Å². The number of hydrogen-bond acceptors (Lipinski definition) is 4. The lowest BCUT2D eigenvalue weighted by molar-refractivity contribution is -0.141. The van der Waals surface area contributed by atoms with Gasteiger partial charge in [-0.05, 0) is 47.7 Å². The number of nitrogens with one attached hydrogen (secondary N) is 1. The molecule has 1 atom stereocenters. The standard InChI is InChI=1S/C31H38ClN3O4S/c1-24(2)22-33-31(37)29(21-25-12-6-4-7-13-25)35(23-26-14-10-15-27(32)20-26)30(36)18-11-19-34(3)40(38,39)28-16-8-5-9-17-28/h4-10,12-17,20,24,29H,11,18-19,21-23H2,1-3H3,(H,33,37)/t29-/m1/s1. The predicted octanol–water partition coefficient (Wildman–Crippen LogP) is 5.15. The molecule has 0 aromatic heterocycles. The molecule has 0 saturated carbocycles. The highest BCUT2D eigenvalue weighted by atomic mass is 35.5. The maximum Gasteiger partial charge on any atom is 0.243 e. The van der Waals surface area contributed by atoms with E-state index in [9.17, 15) is 18.0 Å². The lowest BCUT2D eigenvalue weighted by Gasteiger charge is -2.32. The predicted molar refractivity (Wildman–Crippen MR) is 159 cm³/mol. The van der Waals surface area contributed by atoms with Crippen molar-refractivity contribution in [2.24, 2.45) is 5.92 Å². The van der Waals surface area contributed by atoms with Gasteiger partial charge >= 0.3 is 0 Å². The van der Waals surface area contributed by atoms with Crippen molar-refractivity contribution in [3.63, 3.8) is 0 Å². The molecular weight excluding hydrogens is 546 g/mol. The molecule has 0 bridgehead atoms. The molecule has 0 saturated heterocycles. The summed E-state index contributed by atoms with van der Waals surface area (Å²) >= 11 is 6.23. The second-order valence-corrected chi connectivity index (χ2v) is 12.7. The van der Waals surface area contributed by atoms with Gasteiger partial charge < -0.3 is 10.2 Å². The molecule has 40 heavy (non-hydrogen) atoms. The normalized spacial score (nSPS) is 12.3. The summed E-state index contributed by atoms with van der Waals surface area (Å²) in [5.41, 5.74) is 1.74. The maximum atomic E-state index is 13.8. The van der Waals surface area contributed by atoms with E-state index in [1.165, 1.54) is 11.4 Å². The van der Waals surface area contributed by atoms with Crippen LogP contribution in [-0.4, -0.2) is 55.6 Å². The fourth-order valence-corrected chi connectivity index (χ4v) is 5.74. The number of nitrogens with zero attached hydrogens (tertiary/aromatic N) is 2. The number of carbonyl (C=O) groups is 2. The van der Waals surface area contributed by atoms with E-state index in [0.717, 1.165) is 11.1 Å². The monoisotopic (exact) mass is 583 g/mol. The molecule has 9 heteroatoms. The minimum atomic E-state index is -3.67. The summed E-state index contributed by atoms with van der Waals surface area (Å²) in [5.74, 6) is -0.205. The van der Waals surface area contributed by atoms with Crippen molar-refractivity contribution in [1.82, 2.24) is 14.5 Å². The largest absolute Gasteiger partial charge is 0.354 e.